The van der Waals surface area contributed by atoms with Crippen molar-refractivity contribution in [2.24, 2.45) is 0 Å². The molecular weight excluding hydrogens is 434 g/mol. The van der Waals surface area contributed by atoms with Crippen molar-refractivity contribution in [2.75, 3.05) is 11.3 Å². The van der Waals surface area contributed by atoms with E-state index in [9.17, 15) is 22.8 Å². The number of ether oxygens (including phenoxy) is 1. The van der Waals surface area contributed by atoms with Crippen molar-refractivity contribution in [1.82, 2.24) is 10.6 Å². The number of benzene rings is 2. The van der Waals surface area contributed by atoms with Gasteiger partial charge in [-0.2, -0.15) is 0 Å². The summed E-state index contributed by atoms with van der Waals surface area (Å²) in [6, 6.07) is 10.5. The van der Waals surface area contributed by atoms with Gasteiger partial charge in [-0.15, -0.1) is 0 Å². The third-order valence-electron chi connectivity index (χ3n) is 3.68. The molecule has 0 fully saturated rings. The summed E-state index contributed by atoms with van der Waals surface area (Å²) in [6.07, 6.45) is -1.27. The molecule has 30 heavy (non-hydrogen) atoms. The van der Waals surface area contributed by atoms with E-state index < -0.39 is 34.0 Å². The molecule has 11 heteroatoms. The van der Waals surface area contributed by atoms with Crippen molar-refractivity contribution in [3.8, 4) is 0 Å². The van der Waals surface area contributed by atoms with Crippen molar-refractivity contribution < 1.29 is 27.5 Å². The van der Waals surface area contributed by atoms with Gasteiger partial charge in [0.05, 0.1) is 16.1 Å². The highest BCUT2D eigenvalue weighted by atomic mass is 35.5. The van der Waals surface area contributed by atoms with E-state index in [0.717, 1.165) is 6.07 Å². The molecule has 0 aromatic heterocycles. The van der Waals surface area contributed by atoms with Crippen LogP contribution in [0.5, 0.6) is 0 Å². The van der Waals surface area contributed by atoms with Crippen molar-refractivity contribution in [1.29, 1.82) is 0 Å². The van der Waals surface area contributed by atoms with Gasteiger partial charge in [-0.3, -0.25) is 14.8 Å². The Labute approximate surface area is 178 Å². The number of halogens is 1. The Morgan fingerprint density at radius 2 is 1.80 bits per heavy atom. The van der Waals surface area contributed by atoms with Crippen LogP contribution in [0, 0.1) is 0 Å². The van der Waals surface area contributed by atoms with E-state index in [-0.39, 0.29) is 16.1 Å². The highest BCUT2D eigenvalue weighted by Crippen LogP contribution is 2.20. The summed E-state index contributed by atoms with van der Waals surface area (Å²) >= 11 is 5.86. The van der Waals surface area contributed by atoms with Crippen LogP contribution in [0.3, 0.4) is 0 Å². The number of hydrogen-bond acceptors (Lipinski definition) is 6. The van der Waals surface area contributed by atoms with Gasteiger partial charge in [0.1, 0.15) is 0 Å². The number of hydrogen-bond donors (Lipinski definition) is 3. The summed E-state index contributed by atoms with van der Waals surface area (Å²) in [5.74, 6) is -1.74. The Kier molecular flexibility index (Phi) is 7.79. The van der Waals surface area contributed by atoms with Gasteiger partial charge in [-0.1, -0.05) is 23.7 Å². The molecule has 0 radical (unpaired) electrons. The van der Waals surface area contributed by atoms with Gasteiger partial charge in [-0.05, 0) is 50.2 Å². The molecule has 1 unspecified atom stereocenters. The molecule has 160 valence electrons. The van der Waals surface area contributed by atoms with Crippen LogP contribution in [0.1, 0.15) is 24.2 Å². The molecular formula is C19H20ClN3O6S. The minimum absolute atomic E-state index is 0.0818. The number of nitrogens with one attached hydrogen (secondary N) is 3. The minimum atomic E-state index is -4.00. The standard InChI is InChI=1S/C19H20ClN3O6S/c1-3-21-19(26)22-17(24)12(2)29-18(25)13-6-4-9-16(10-13)30(27,28)23-15-8-5-7-14(20)11-15/h4-12,23H,3H2,1-2H3,(H2,21,22,24,26). The zero-order valence-corrected chi connectivity index (χ0v) is 17.7. The fraction of sp³-hybridized carbons (Fsp3) is 0.211. The first-order valence-electron chi connectivity index (χ1n) is 8.80. The lowest BCUT2D eigenvalue weighted by atomic mass is 10.2. The van der Waals surface area contributed by atoms with Crippen LogP contribution in [0.4, 0.5) is 10.5 Å². The van der Waals surface area contributed by atoms with Gasteiger partial charge < -0.3 is 10.1 Å². The van der Waals surface area contributed by atoms with Crippen LogP contribution in [0.2, 0.25) is 5.02 Å². The fourth-order valence-corrected chi connectivity index (χ4v) is 3.54. The molecule has 0 bridgehead atoms. The second-order valence-corrected chi connectivity index (χ2v) is 8.16. The van der Waals surface area contributed by atoms with Crippen molar-refractivity contribution in [2.45, 2.75) is 24.8 Å². The number of carbonyl (C=O) groups is 3. The van der Waals surface area contributed by atoms with E-state index in [1.54, 1.807) is 19.1 Å². The number of esters is 1. The predicted molar refractivity (Wildman–Crippen MR) is 111 cm³/mol. The topological polar surface area (TPSA) is 131 Å². The number of anilines is 1. The molecule has 2 rings (SSSR count). The summed E-state index contributed by atoms with van der Waals surface area (Å²) < 4.78 is 32.5. The van der Waals surface area contributed by atoms with Gasteiger partial charge >= 0.3 is 12.0 Å². The van der Waals surface area contributed by atoms with Gasteiger partial charge in [-0.25, -0.2) is 18.0 Å². The molecule has 3 N–H and O–H groups in total. The summed E-state index contributed by atoms with van der Waals surface area (Å²) in [7, 11) is -4.00. The second kappa shape index (κ2) is 10.1. The number of carbonyl (C=O) groups excluding carboxylic acids is 3. The predicted octanol–water partition coefficient (Wildman–Crippen LogP) is 2.53. The quantitative estimate of drug-likeness (QED) is 0.552. The van der Waals surface area contributed by atoms with E-state index in [4.69, 9.17) is 16.3 Å². The van der Waals surface area contributed by atoms with Gasteiger partial charge in [0.2, 0.25) is 0 Å². The van der Waals surface area contributed by atoms with Gasteiger partial charge in [0.15, 0.2) is 6.10 Å². The Balaban J connectivity index is 2.11. The normalized spacial score (nSPS) is 11.8. The van der Waals surface area contributed by atoms with E-state index in [0.29, 0.717) is 11.6 Å². The lowest BCUT2D eigenvalue weighted by Crippen LogP contribution is -2.44. The summed E-state index contributed by atoms with van der Waals surface area (Å²) in [6.45, 7) is 3.28. The Morgan fingerprint density at radius 3 is 2.47 bits per heavy atom. The maximum Gasteiger partial charge on any atom is 0.338 e. The average Bonchev–Trinajstić information content (AvgIpc) is 2.67. The van der Waals surface area contributed by atoms with Crippen LogP contribution in [0.25, 0.3) is 0 Å². The monoisotopic (exact) mass is 453 g/mol. The van der Waals surface area contributed by atoms with Crippen LogP contribution >= 0.6 is 11.6 Å². The third kappa shape index (κ3) is 6.46. The zero-order valence-electron chi connectivity index (χ0n) is 16.1. The molecule has 0 aliphatic heterocycles. The van der Waals surface area contributed by atoms with E-state index in [1.807, 2.05) is 5.32 Å². The maximum absolute atomic E-state index is 12.6. The smallest absolute Gasteiger partial charge is 0.338 e. The summed E-state index contributed by atoms with van der Waals surface area (Å²) in [4.78, 5) is 35.4. The Hall–Kier alpha value is -3.11. The van der Waals surface area contributed by atoms with Crippen molar-refractivity contribution in [3.05, 3.63) is 59.1 Å². The van der Waals surface area contributed by atoms with Crippen LogP contribution in [0.15, 0.2) is 53.4 Å². The largest absolute Gasteiger partial charge is 0.449 e. The Bertz CT molecular complexity index is 1060. The molecule has 3 amide bonds. The molecule has 2 aromatic carbocycles. The van der Waals surface area contributed by atoms with Crippen molar-refractivity contribution >= 4 is 45.2 Å². The highest BCUT2D eigenvalue weighted by molar-refractivity contribution is 7.92. The van der Waals surface area contributed by atoms with Crippen molar-refractivity contribution in [3.63, 3.8) is 0 Å². The van der Waals surface area contributed by atoms with E-state index in [2.05, 4.69) is 10.0 Å². The van der Waals surface area contributed by atoms with Crippen LogP contribution in [-0.2, 0) is 19.6 Å². The van der Waals surface area contributed by atoms with Crippen LogP contribution < -0.4 is 15.4 Å². The van der Waals surface area contributed by atoms with E-state index in [1.165, 1.54) is 37.3 Å². The number of urea groups is 1. The molecule has 1 atom stereocenters. The lowest BCUT2D eigenvalue weighted by molar-refractivity contribution is -0.127. The number of sulfonamides is 1. The first-order chi connectivity index (χ1) is 14.1. The molecule has 0 aliphatic rings. The molecule has 0 spiro atoms. The molecule has 0 saturated carbocycles. The molecule has 0 aliphatic carbocycles. The molecule has 2 aromatic rings. The fourth-order valence-electron chi connectivity index (χ4n) is 2.26. The summed E-state index contributed by atoms with van der Waals surface area (Å²) in [5.41, 5.74) is 0.174. The van der Waals surface area contributed by atoms with Gasteiger partial charge in [0, 0.05) is 11.6 Å². The number of amides is 3. The van der Waals surface area contributed by atoms with Crippen LogP contribution in [-0.4, -0.2) is 39.0 Å². The minimum Gasteiger partial charge on any atom is -0.449 e. The maximum atomic E-state index is 12.6. The number of rotatable bonds is 7. The summed E-state index contributed by atoms with van der Waals surface area (Å²) in [5, 5.41) is 4.75. The highest BCUT2D eigenvalue weighted by Gasteiger charge is 2.22. The molecule has 0 saturated heterocycles. The zero-order chi connectivity index (χ0) is 22.3. The average molecular weight is 454 g/mol. The first kappa shape index (κ1) is 23.2. The van der Waals surface area contributed by atoms with E-state index >= 15 is 0 Å². The van der Waals surface area contributed by atoms with Gasteiger partial charge in [0.25, 0.3) is 15.9 Å². The second-order valence-electron chi connectivity index (χ2n) is 6.04. The number of imide groups is 1. The lowest BCUT2D eigenvalue weighted by Gasteiger charge is -2.14. The Morgan fingerprint density at radius 1 is 1.10 bits per heavy atom. The first-order valence-corrected chi connectivity index (χ1v) is 10.7. The third-order valence-corrected chi connectivity index (χ3v) is 5.30. The SMILES string of the molecule is CCNC(=O)NC(=O)C(C)OC(=O)c1cccc(S(=O)(=O)Nc2cccc(Cl)c2)c1. The molecule has 0 heterocycles. The molecule has 9 nitrogen and oxygen atoms in total.